The molecule has 2 unspecified atom stereocenters. The third kappa shape index (κ3) is 3.64. The zero-order chi connectivity index (χ0) is 14.6. The Bertz CT molecular complexity index is 445. The number of hydrogen-bond acceptors (Lipinski definition) is 4. The molecule has 0 spiro atoms. The lowest BCUT2D eigenvalue weighted by molar-refractivity contribution is 0.00534. The summed E-state index contributed by atoms with van der Waals surface area (Å²) in [5.74, 6) is 1.89. The molecule has 4 nitrogen and oxygen atoms in total. The maximum absolute atomic E-state index is 10.3. The lowest BCUT2D eigenvalue weighted by atomic mass is 9.88. The van der Waals surface area contributed by atoms with E-state index in [0.717, 1.165) is 23.5 Å². The lowest BCUT2D eigenvalue weighted by Crippen LogP contribution is -2.42. The Morgan fingerprint density at radius 2 is 2.00 bits per heavy atom. The van der Waals surface area contributed by atoms with Gasteiger partial charge in [-0.2, -0.15) is 0 Å². The standard InChI is InChI=1S/C16H25NO3/c1-4-12(2)16(3,18)11-17-10-13-5-6-14-15(9-13)20-8-7-19-14/h5-6,9,12,17-18H,4,7-8,10-11H2,1-3H3. The number of rotatable bonds is 6. The highest BCUT2D eigenvalue weighted by molar-refractivity contribution is 5.43. The molecule has 2 N–H and O–H groups in total. The maximum atomic E-state index is 10.3. The molecular formula is C16H25NO3. The molecule has 1 aliphatic heterocycles. The van der Waals surface area contributed by atoms with Gasteiger partial charge in [0.1, 0.15) is 13.2 Å². The number of nitrogens with one attached hydrogen (secondary N) is 1. The van der Waals surface area contributed by atoms with Crippen LogP contribution in [0.4, 0.5) is 0 Å². The summed E-state index contributed by atoms with van der Waals surface area (Å²) in [5.41, 5.74) is 0.456. The zero-order valence-electron chi connectivity index (χ0n) is 12.6. The van der Waals surface area contributed by atoms with E-state index >= 15 is 0 Å². The molecule has 0 bridgehead atoms. The smallest absolute Gasteiger partial charge is 0.161 e. The Labute approximate surface area is 121 Å². The first-order valence-electron chi connectivity index (χ1n) is 7.34. The Kier molecular flexibility index (Phi) is 4.89. The van der Waals surface area contributed by atoms with Gasteiger partial charge in [-0.3, -0.25) is 0 Å². The van der Waals surface area contributed by atoms with Crippen molar-refractivity contribution in [3.63, 3.8) is 0 Å². The summed E-state index contributed by atoms with van der Waals surface area (Å²) in [4.78, 5) is 0. The Balaban J connectivity index is 1.88. The van der Waals surface area contributed by atoms with E-state index in [0.29, 0.717) is 26.3 Å². The quantitative estimate of drug-likeness (QED) is 0.839. The van der Waals surface area contributed by atoms with Crippen molar-refractivity contribution in [2.45, 2.75) is 39.3 Å². The van der Waals surface area contributed by atoms with Gasteiger partial charge in [0.2, 0.25) is 0 Å². The van der Waals surface area contributed by atoms with Crippen LogP contribution in [-0.4, -0.2) is 30.5 Å². The molecule has 4 heteroatoms. The van der Waals surface area contributed by atoms with Gasteiger partial charge in [0.05, 0.1) is 5.60 Å². The first-order valence-corrected chi connectivity index (χ1v) is 7.34. The third-order valence-electron chi connectivity index (χ3n) is 4.09. The van der Waals surface area contributed by atoms with E-state index in [1.54, 1.807) is 0 Å². The fourth-order valence-electron chi connectivity index (χ4n) is 2.27. The van der Waals surface area contributed by atoms with Crippen molar-refractivity contribution in [3.8, 4) is 11.5 Å². The molecule has 20 heavy (non-hydrogen) atoms. The maximum Gasteiger partial charge on any atom is 0.161 e. The molecule has 2 rings (SSSR count). The van der Waals surface area contributed by atoms with Crippen LogP contribution in [-0.2, 0) is 6.54 Å². The van der Waals surface area contributed by atoms with Crippen molar-refractivity contribution in [1.29, 1.82) is 0 Å². The van der Waals surface area contributed by atoms with Gasteiger partial charge in [-0.25, -0.2) is 0 Å². The second-order valence-corrected chi connectivity index (χ2v) is 5.75. The van der Waals surface area contributed by atoms with Crippen LogP contribution in [0.25, 0.3) is 0 Å². The molecule has 0 saturated carbocycles. The number of fused-ring (bicyclic) bond motifs is 1. The third-order valence-corrected chi connectivity index (χ3v) is 4.09. The summed E-state index contributed by atoms with van der Waals surface area (Å²) in [6.45, 7) is 8.57. The summed E-state index contributed by atoms with van der Waals surface area (Å²) >= 11 is 0. The molecule has 0 amide bonds. The van der Waals surface area contributed by atoms with E-state index in [4.69, 9.17) is 9.47 Å². The molecule has 1 aliphatic rings. The van der Waals surface area contributed by atoms with Gasteiger partial charge in [0.25, 0.3) is 0 Å². The average Bonchev–Trinajstić information content (AvgIpc) is 2.46. The van der Waals surface area contributed by atoms with E-state index in [-0.39, 0.29) is 5.92 Å². The number of aliphatic hydroxyl groups is 1. The molecule has 0 aromatic heterocycles. The average molecular weight is 279 g/mol. The summed E-state index contributed by atoms with van der Waals surface area (Å²) in [5, 5.41) is 13.7. The van der Waals surface area contributed by atoms with Crippen LogP contribution >= 0.6 is 0 Å². The van der Waals surface area contributed by atoms with Crippen LogP contribution in [0, 0.1) is 5.92 Å². The second kappa shape index (κ2) is 6.46. The highest BCUT2D eigenvalue weighted by atomic mass is 16.6. The fourth-order valence-corrected chi connectivity index (χ4v) is 2.27. The SMILES string of the molecule is CCC(C)C(C)(O)CNCc1ccc2c(c1)OCCO2. The molecular weight excluding hydrogens is 254 g/mol. The van der Waals surface area contributed by atoms with Gasteiger partial charge in [-0.15, -0.1) is 0 Å². The Morgan fingerprint density at radius 1 is 1.30 bits per heavy atom. The van der Waals surface area contributed by atoms with Gasteiger partial charge in [-0.1, -0.05) is 26.3 Å². The molecule has 0 radical (unpaired) electrons. The van der Waals surface area contributed by atoms with Crippen molar-refractivity contribution >= 4 is 0 Å². The number of ether oxygens (including phenoxy) is 2. The van der Waals surface area contributed by atoms with Crippen LogP contribution in [0.5, 0.6) is 11.5 Å². The monoisotopic (exact) mass is 279 g/mol. The van der Waals surface area contributed by atoms with Crippen molar-refractivity contribution in [2.24, 2.45) is 5.92 Å². The highest BCUT2D eigenvalue weighted by Gasteiger charge is 2.26. The van der Waals surface area contributed by atoms with E-state index < -0.39 is 5.60 Å². The molecule has 0 fully saturated rings. The van der Waals surface area contributed by atoms with Crippen LogP contribution in [0.3, 0.4) is 0 Å². The molecule has 0 saturated heterocycles. The highest BCUT2D eigenvalue weighted by Crippen LogP contribution is 2.30. The minimum atomic E-state index is -0.678. The zero-order valence-corrected chi connectivity index (χ0v) is 12.6. The fraction of sp³-hybridized carbons (Fsp3) is 0.625. The summed E-state index contributed by atoms with van der Waals surface area (Å²) in [6.07, 6.45) is 0.971. The van der Waals surface area contributed by atoms with E-state index in [9.17, 15) is 5.11 Å². The van der Waals surface area contributed by atoms with Crippen molar-refractivity contribution in [1.82, 2.24) is 5.32 Å². The van der Waals surface area contributed by atoms with Gasteiger partial charge < -0.3 is 19.9 Å². The van der Waals surface area contributed by atoms with Crippen LogP contribution < -0.4 is 14.8 Å². The van der Waals surface area contributed by atoms with Gasteiger partial charge in [-0.05, 0) is 30.5 Å². The Morgan fingerprint density at radius 3 is 2.70 bits per heavy atom. The van der Waals surface area contributed by atoms with Gasteiger partial charge >= 0.3 is 0 Å². The predicted octanol–water partition coefficient (Wildman–Crippen LogP) is 2.34. The minimum Gasteiger partial charge on any atom is -0.486 e. The first kappa shape index (κ1) is 15.1. The molecule has 1 aromatic carbocycles. The van der Waals surface area contributed by atoms with Crippen molar-refractivity contribution in [2.75, 3.05) is 19.8 Å². The second-order valence-electron chi connectivity index (χ2n) is 5.75. The summed E-state index contributed by atoms with van der Waals surface area (Å²) in [7, 11) is 0. The molecule has 1 heterocycles. The topological polar surface area (TPSA) is 50.7 Å². The minimum absolute atomic E-state index is 0.273. The number of hydrogen-bond donors (Lipinski definition) is 2. The lowest BCUT2D eigenvalue weighted by Gasteiger charge is -2.30. The van der Waals surface area contributed by atoms with Crippen molar-refractivity contribution in [3.05, 3.63) is 23.8 Å². The molecule has 2 atom stereocenters. The van der Waals surface area contributed by atoms with Crippen LogP contribution in [0.15, 0.2) is 18.2 Å². The molecule has 112 valence electrons. The number of benzene rings is 1. The van der Waals surface area contributed by atoms with E-state index in [1.165, 1.54) is 0 Å². The first-order chi connectivity index (χ1) is 9.53. The summed E-state index contributed by atoms with van der Waals surface area (Å²) in [6, 6.07) is 5.97. The normalized spacial score (nSPS) is 18.4. The van der Waals surface area contributed by atoms with Crippen LogP contribution in [0.1, 0.15) is 32.8 Å². The predicted molar refractivity (Wildman–Crippen MR) is 79.2 cm³/mol. The van der Waals surface area contributed by atoms with Crippen LogP contribution in [0.2, 0.25) is 0 Å². The molecule has 1 aromatic rings. The van der Waals surface area contributed by atoms with Crippen molar-refractivity contribution < 1.29 is 14.6 Å². The van der Waals surface area contributed by atoms with Gasteiger partial charge in [0.15, 0.2) is 11.5 Å². The van der Waals surface area contributed by atoms with E-state index in [1.807, 2.05) is 25.1 Å². The van der Waals surface area contributed by atoms with E-state index in [2.05, 4.69) is 19.2 Å². The summed E-state index contributed by atoms with van der Waals surface area (Å²) < 4.78 is 11.1. The Hall–Kier alpha value is -1.26. The largest absolute Gasteiger partial charge is 0.486 e. The van der Waals surface area contributed by atoms with Gasteiger partial charge in [0, 0.05) is 13.1 Å². The molecule has 0 aliphatic carbocycles.